The molecule has 0 saturated carbocycles. The van der Waals surface area contributed by atoms with Crippen LogP contribution in [0.2, 0.25) is 18.1 Å². The average molecular weight is 301 g/mol. The van der Waals surface area contributed by atoms with Crippen molar-refractivity contribution in [2.24, 2.45) is 5.92 Å². The Balaban J connectivity index is 5.00. The van der Waals surface area contributed by atoms with Crippen LogP contribution in [0.4, 0.5) is 0 Å². The van der Waals surface area contributed by atoms with Gasteiger partial charge in [0.1, 0.15) is 6.10 Å². The van der Waals surface area contributed by atoms with Gasteiger partial charge in [0, 0.05) is 6.42 Å². The summed E-state index contributed by atoms with van der Waals surface area (Å²) in [5.41, 5.74) is 0.619. The molecule has 0 aliphatic rings. The summed E-state index contributed by atoms with van der Waals surface area (Å²) in [6.07, 6.45) is -1.12. The van der Waals surface area contributed by atoms with E-state index in [4.69, 9.17) is 4.43 Å². The van der Waals surface area contributed by atoms with E-state index in [1.54, 1.807) is 6.92 Å². The standard InChI is InChI=1S/C16H32O3Si/c1-11(2)13(17)10-14(18)15(12(3)4)19-20(8,9)16(5,6)7/h12-13,15,17H,1,10H2,2-9H3/t13-,15+/m1/s1. The molecule has 0 saturated heterocycles. The first kappa shape index (κ1) is 19.5. The zero-order valence-corrected chi connectivity index (χ0v) is 15.4. The fraction of sp³-hybridized carbons (Fsp3) is 0.812. The van der Waals surface area contributed by atoms with Gasteiger partial charge in [-0.3, -0.25) is 4.79 Å². The number of ketones is 1. The van der Waals surface area contributed by atoms with Gasteiger partial charge in [0.15, 0.2) is 14.1 Å². The van der Waals surface area contributed by atoms with Crippen LogP contribution in [-0.2, 0) is 9.22 Å². The van der Waals surface area contributed by atoms with Crippen molar-refractivity contribution in [3.05, 3.63) is 12.2 Å². The molecule has 0 rings (SSSR count). The molecule has 1 N–H and O–H groups in total. The Morgan fingerprint density at radius 2 is 1.75 bits per heavy atom. The largest absolute Gasteiger partial charge is 0.407 e. The number of hydrogen-bond donors (Lipinski definition) is 1. The topological polar surface area (TPSA) is 46.5 Å². The van der Waals surface area contributed by atoms with Crippen LogP contribution >= 0.6 is 0 Å². The third-order valence-electron chi connectivity index (χ3n) is 4.11. The lowest BCUT2D eigenvalue weighted by Gasteiger charge is -2.40. The molecule has 3 nitrogen and oxygen atoms in total. The number of aliphatic hydroxyl groups excluding tert-OH is 1. The SMILES string of the molecule is C=C(C)[C@H](O)CC(=O)[C@@H](O[Si](C)(C)C(C)(C)C)C(C)C. The number of hydrogen-bond acceptors (Lipinski definition) is 3. The van der Waals surface area contributed by atoms with Crippen molar-refractivity contribution < 1.29 is 14.3 Å². The van der Waals surface area contributed by atoms with Gasteiger partial charge in [-0.25, -0.2) is 0 Å². The molecule has 118 valence electrons. The molecule has 0 amide bonds. The molecular formula is C16H32O3Si. The molecule has 0 aromatic rings. The minimum atomic E-state index is -2.00. The van der Waals surface area contributed by atoms with Crippen molar-refractivity contribution in [3.63, 3.8) is 0 Å². The van der Waals surface area contributed by atoms with E-state index in [0.717, 1.165) is 0 Å². The smallest absolute Gasteiger partial charge is 0.193 e. The lowest BCUT2D eigenvalue weighted by molar-refractivity contribution is -0.129. The molecule has 0 unspecified atom stereocenters. The summed E-state index contributed by atoms with van der Waals surface area (Å²) in [7, 11) is -2.00. The van der Waals surface area contributed by atoms with Gasteiger partial charge < -0.3 is 9.53 Å². The van der Waals surface area contributed by atoms with Gasteiger partial charge in [0.2, 0.25) is 0 Å². The molecule has 0 bridgehead atoms. The zero-order valence-electron chi connectivity index (χ0n) is 14.4. The fourth-order valence-corrected chi connectivity index (χ4v) is 2.94. The summed E-state index contributed by atoms with van der Waals surface area (Å²) in [6, 6.07) is 0. The fourth-order valence-electron chi connectivity index (χ4n) is 1.55. The highest BCUT2D eigenvalue weighted by molar-refractivity contribution is 6.74. The molecule has 0 spiro atoms. The lowest BCUT2D eigenvalue weighted by Crippen LogP contribution is -2.48. The van der Waals surface area contributed by atoms with Crippen LogP contribution < -0.4 is 0 Å². The van der Waals surface area contributed by atoms with Gasteiger partial charge >= 0.3 is 0 Å². The zero-order chi connectivity index (χ0) is 16.3. The van der Waals surface area contributed by atoms with E-state index in [0.29, 0.717) is 5.57 Å². The molecule has 0 heterocycles. The minimum Gasteiger partial charge on any atom is -0.407 e. The van der Waals surface area contributed by atoms with E-state index in [1.807, 2.05) is 13.8 Å². The third-order valence-corrected chi connectivity index (χ3v) is 8.57. The monoisotopic (exact) mass is 300 g/mol. The third kappa shape index (κ3) is 5.50. The second-order valence-electron chi connectivity index (χ2n) is 7.58. The van der Waals surface area contributed by atoms with Crippen molar-refractivity contribution in [1.29, 1.82) is 0 Å². The summed E-state index contributed by atoms with van der Waals surface area (Å²) in [5.74, 6) is 0.0780. The Labute approximate surface area is 125 Å². The summed E-state index contributed by atoms with van der Waals surface area (Å²) in [4.78, 5) is 12.4. The normalized spacial score (nSPS) is 16.1. The molecule has 0 aliphatic heterocycles. The minimum absolute atomic E-state index is 0.0275. The Morgan fingerprint density at radius 3 is 2.05 bits per heavy atom. The molecule has 0 aliphatic carbocycles. The average Bonchev–Trinajstić information content (AvgIpc) is 2.23. The molecular weight excluding hydrogens is 268 g/mol. The van der Waals surface area contributed by atoms with Crippen LogP contribution in [0.5, 0.6) is 0 Å². The highest BCUT2D eigenvalue weighted by Crippen LogP contribution is 2.38. The van der Waals surface area contributed by atoms with E-state index in [1.165, 1.54) is 0 Å². The first-order valence-corrected chi connectivity index (χ1v) is 10.2. The Hall–Kier alpha value is -0.453. The predicted octanol–water partition coefficient (Wildman–Crippen LogP) is 3.93. The maximum Gasteiger partial charge on any atom is 0.193 e. The molecule has 0 fully saturated rings. The quantitative estimate of drug-likeness (QED) is 0.572. The Bertz CT molecular complexity index is 353. The van der Waals surface area contributed by atoms with Gasteiger partial charge in [-0.1, -0.05) is 46.8 Å². The van der Waals surface area contributed by atoms with Crippen LogP contribution in [0.1, 0.15) is 48.0 Å². The molecule has 0 aromatic carbocycles. The molecule has 0 radical (unpaired) electrons. The number of Topliss-reactive ketones (excluding diaryl/α,β-unsaturated/α-hetero) is 1. The maximum absolute atomic E-state index is 12.4. The van der Waals surface area contributed by atoms with Crippen LogP contribution in [0.25, 0.3) is 0 Å². The maximum atomic E-state index is 12.4. The van der Waals surface area contributed by atoms with E-state index < -0.39 is 20.5 Å². The second-order valence-corrected chi connectivity index (χ2v) is 12.3. The van der Waals surface area contributed by atoms with E-state index in [9.17, 15) is 9.90 Å². The Morgan fingerprint density at radius 1 is 1.30 bits per heavy atom. The lowest BCUT2D eigenvalue weighted by atomic mass is 9.97. The van der Waals surface area contributed by atoms with Crippen molar-refractivity contribution in [1.82, 2.24) is 0 Å². The van der Waals surface area contributed by atoms with Gasteiger partial charge in [-0.05, 0) is 31.0 Å². The molecule has 0 aromatic heterocycles. The number of carbonyl (C=O) groups is 1. The van der Waals surface area contributed by atoms with E-state index >= 15 is 0 Å². The van der Waals surface area contributed by atoms with Crippen LogP contribution in [0.15, 0.2) is 12.2 Å². The summed E-state index contributed by atoms with van der Waals surface area (Å²) in [5, 5.41) is 9.88. The van der Waals surface area contributed by atoms with Crippen LogP contribution in [-0.4, -0.2) is 31.4 Å². The number of rotatable bonds is 7. The van der Waals surface area contributed by atoms with E-state index in [-0.39, 0.29) is 23.2 Å². The molecule has 20 heavy (non-hydrogen) atoms. The summed E-state index contributed by atoms with van der Waals surface area (Å²) < 4.78 is 6.25. The first-order chi connectivity index (χ1) is 8.79. The number of aliphatic hydroxyl groups is 1. The van der Waals surface area contributed by atoms with Gasteiger partial charge in [-0.2, -0.15) is 0 Å². The first-order valence-electron chi connectivity index (χ1n) is 7.33. The van der Waals surface area contributed by atoms with Gasteiger partial charge in [0.25, 0.3) is 0 Å². The predicted molar refractivity (Wildman–Crippen MR) is 87.4 cm³/mol. The highest BCUT2D eigenvalue weighted by Gasteiger charge is 2.41. The Kier molecular flexibility index (Phi) is 6.85. The second kappa shape index (κ2) is 7.01. The van der Waals surface area contributed by atoms with Crippen molar-refractivity contribution in [2.75, 3.05) is 0 Å². The van der Waals surface area contributed by atoms with Crippen LogP contribution in [0.3, 0.4) is 0 Å². The molecule has 2 atom stereocenters. The van der Waals surface area contributed by atoms with Crippen molar-refractivity contribution >= 4 is 14.1 Å². The summed E-state index contributed by atoms with van der Waals surface area (Å²) >= 11 is 0. The van der Waals surface area contributed by atoms with Crippen molar-refractivity contribution in [2.45, 2.75) is 78.3 Å². The highest BCUT2D eigenvalue weighted by atomic mass is 28.4. The van der Waals surface area contributed by atoms with Gasteiger partial charge in [-0.15, -0.1) is 0 Å². The number of carbonyl (C=O) groups excluding carboxylic acids is 1. The molecule has 4 heteroatoms. The van der Waals surface area contributed by atoms with Crippen LogP contribution in [0, 0.1) is 5.92 Å². The summed E-state index contributed by atoms with van der Waals surface area (Å²) in [6.45, 7) is 20.2. The van der Waals surface area contributed by atoms with E-state index in [2.05, 4.69) is 40.4 Å². The van der Waals surface area contributed by atoms with Crippen molar-refractivity contribution in [3.8, 4) is 0 Å². The van der Waals surface area contributed by atoms with Gasteiger partial charge in [0.05, 0.1) is 6.10 Å².